The van der Waals surface area contributed by atoms with Gasteiger partial charge >= 0.3 is 6.09 Å². The van der Waals surface area contributed by atoms with Gasteiger partial charge in [0.2, 0.25) is 0 Å². The molecule has 0 saturated heterocycles. The van der Waals surface area contributed by atoms with Crippen molar-refractivity contribution in [1.82, 2.24) is 10.3 Å². The number of aryl methyl sites for hydroxylation is 1. The van der Waals surface area contributed by atoms with Gasteiger partial charge in [-0.3, -0.25) is 0 Å². The number of anilines is 1. The maximum atomic E-state index is 11.6. The molecule has 1 heterocycles. The van der Waals surface area contributed by atoms with Crippen molar-refractivity contribution in [3.05, 3.63) is 53.9 Å². The van der Waals surface area contributed by atoms with Gasteiger partial charge in [0, 0.05) is 29.7 Å². The molecular formula is C19H25N3O2S. The Morgan fingerprint density at radius 1 is 1.20 bits per heavy atom. The molecule has 1 amide bonds. The normalized spacial score (nSPS) is 11.0. The summed E-state index contributed by atoms with van der Waals surface area (Å²) in [4.78, 5) is 15.5. The third kappa shape index (κ3) is 6.58. The van der Waals surface area contributed by atoms with E-state index in [9.17, 15) is 4.79 Å². The number of nitrogens with one attached hydrogen (secondary N) is 3. The first-order valence-electron chi connectivity index (χ1n) is 8.34. The Bertz CT molecular complexity index is 705. The van der Waals surface area contributed by atoms with Gasteiger partial charge < -0.3 is 20.4 Å². The molecule has 5 nitrogen and oxygen atoms in total. The van der Waals surface area contributed by atoms with Crippen molar-refractivity contribution in [2.24, 2.45) is 0 Å². The Balaban J connectivity index is 1.81. The summed E-state index contributed by atoms with van der Waals surface area (Å²) < 4.78 is 5.21. The quantitative estimate of drug-likeness (QED) is 0.533. The van der Waals surface area contributed by atoms with Crippen LogP contribution in [0.4, 0.5) is 10.5 Å². The summed E-state index contributed by atoms with van der Waals surface area (Å²) in [5.41, 5.74) is 2.52. The maximum absolute atomic E-state index is 11.6. The van der Waals surface area contributed by atoms with Crippen molar-refractivity contribution in [2.75, 3.05) is 11.9 Å². The fourth-order valence-electron chi connectivity index (χ4n) is 2.31. The zero-order valence-corrected chi connectivity index (χ0v) is 15.7. The lowest BCUT2D eigenvalue weighted by molar-refractivity contribution is 0.0527. The van der Waals surface area contributed by atoms with E-state index in [0.29, 0.717) is 11.5 Å². The molecule has 0 saturated carbocycles. The van der Waals surface area contributed by atoms with E-state index in [-0.39, 0.29) is 6.09 Å². The average Bonchev–Trinajstić information content (AvgIpc) is 2.99. The molecule has 0 aliphatic carbocycles. The Hall–Kier alpha value is -2.34. The molecule has 2 aromatic rings. The maximum Gasteiger partial charge on any atom is 0.407 e. The molecule has 0 fully saturated rings. The van der Waals surface area contributed by atoms with E-state index in [4.69, 9.17) is 17.0 Å². The van der Waals surface area contributed by atoms with Crippen LogP contribution < -0.4 is 10.6 Å². The molecule has 0 atom stereocenters. The van der Waals surface area contributed by atoms with E-state index < -0.39 is 5.60 Å². The van der Waals surface area contributed by atoms with Crippen LogP contribution in [0.5, 0.6) is 0 Å². The number of carbonyl (C=O) groups excluding carboxylic acids is 1. The SMILES string of the molecule is CC(C)(C)OC(=O)NCCCc1[nH]ccc1C(=S)Nc1ccccc1. The zero-order chi connectivity index (χ0) is 18.3. The van der Waals surface area contributed by atoms with Crippen molar-refractivity contribution in [2.45, 2.75) is 39.2 Å². The first-order chi connectivity index (χ1) is 11.8. The molecule has 6 heteroatoms. The molecule has 134 valence electrons. The third-order valence-electron chi connectivity index (χ3n) is 3.38. The number of rotatable bonds is 6. The van der Waals surface area contributed by atoms with Crippen LogP contribution in [0.3, 0.4) is 0 Å². The highest BCUT2D eigenvalue weighted by Crippen LogP contribution is 2.14. The number of hydrogen-bond acceptors (Lipinski definition) is 3. The first-order valence-corrected chi connectivity index (χ1v) is 8.75. The molecule has 0 bridgehead atoms. The Labute approximate surface area is 154 Å². The topological polar surface area (TPSA) is 66.1 Å². The molecule has 0 aliphatic rings. The van der Waals surface area contributed by atoms with E-state index in [2.05, 4.69) is 15.6 Å². The zero-order valence-electron chi connectivity index (χ0n) is 14.9. The van der Waals surface area contributed by atoms with Gasteiger partial charge in [-0.25, -0.2) is 4.79 Å². The van der Waals surface area contributed by atoms with Crippen molar-refractivity contribution in [3.8, 4) is 0 Å². The summed E-state index contributed by atoms with van der Waals surface area (Å²) in [7, 11) is 0. The number of para-hydroxylation sites is 1. The van der Waals surface area contributed by atoms with Crippen molar-refractivity contribution in [1.29, 1.82) is 0 Å². The molecule has 0 radical (unpaired) electrons. The van der Waals surface area contributed by atoms with Crippen LogP contribution in [-0.4, -0.2) is 28.2 Å². The number of alkyl carbamates (subject to hydrolysis) is 1. The lowest BCUT2D eigenvalue weighted by Gasteiger charge is -2.19. The van der Waals surface area contributed by atoms with Crippen LogP contribution in [0.2, 0.25) is 0 Å². The van der Waals surface area contributed by atoms with E-state index in [1.54, 1.807) is 0 Å². The van der Waals surface area contributed by atoms with Gasteiger partial charge in [0.1, 0.15) is 10.6 Å². The van der Waals surface area contributed by atoms with Crippen molar-refractivity contribution >= 4 is 29.0 Å². The highest BCUT2D eigenvalue weighted by molar-refractivity contribution is 7.81. The Morgan fingerprint density at radius 2 is 1.92 bits per heavy atom. The summed E-state index contributed by atoms with van der Waals surface area (Å²) >= 11 is 5.50. The Kier molecular flexibility index (Phi) is 6.58. The minimum atomic E-state index is -0.480. The summed E-state index contributed by atoms with van der Waals surface area (Å²) in [6.45, 7) is 6.08. The minimum Gasteiger partial charge on any atom is -0.444 e. The van der Waals surface area contributed by atoms with Crippen molar-refractivity contribution < 1.29 is 9.53 Å². The molecule has 25 heavy (non-hydrogen) atoms. The first kappa shape index (κ1) is 19.0. The van der Waals surface area contributed by atoms with Gasteiger partial charge in [0.05, 0.1) is 0 Å². The predicted molar refractivity (Wildman–Crippen MR) is 105 cm³/mol. The number of thiocarbonyl (C=S) groups is 1. The molecular weight excluding hydrogens is 334 g/mol. The predicted octanol–water partition coefficient (Wildman–Crippen LogP) is 4.26. The minimum absolute atomic E-state index is 0.388. The van der Waals surface area contributed by atoms with Crippen LogP contribution in [-0.2, 0) is 11.2 Å². The molecule has 3 N–H and O–H groups in total. The molecule has 0 spiro atoms. The van der Waals surface area contributed by atoms with Gasteiger partial charge in [0.25, 0.3) is 0 Å². The highest BCUT2D eigenvalue weighted by Gasteiger charge is 2.15. The number of carbonyl (C=O) groups is 1. The summed E-state index contributed by atoms with van der Waals surface area (Å²) in [5.74, 6) is 0. The highest BCUT2D eigenvalue weighted by atomic mass is 32.1. The summed E-state index contributed by atoms with van der Waals surface area (Å²) in [6.07, 6.45) is 3.07. The van der Waals surface area contributed by atoms with Crippen LogP contribution in [0.15, 0.2) is 42.6 Å². The standard InChI is InChI=1S/C19H25N3O2S/c1-19(2,3)24-18(23)21-12-7-10-16-15(11-13-20-16)17(25)22-14-8-5-4-6-9-14/h4-6,8-9,11,13,20H,7,10,12H2,1-3H3,(H,21,23)(H,22,25). The lowest BCUT2D eigenvalue weighted by Crippen LogP contribution is -2.33. The number of benzene rings is 1. The van der Waals surface area contributed by atoms with Gasteiger partial charge in [-0.15, -0.1) is 0 Å². The third-order valence-corrected chi connectivity index (χ3v) is 3.70. The van der Waals surface area contributed by atoms with Crippen molar-refractivity contribution in [3.63, 3.8) is 0 Å². The lowest BCUT2D eigenvalue weighted by atomic mass is 10.1. The number of ether oxygens (including phenoxy) is 1. The number of amides is 1. The molecule has 0 aliphatic heterocycles. The van der Waals surface area contributed by atoms with E-state index in [0.717, 1.165) is 29.8 Å². The second-order valence-electron chi connectivity index (χ2n) is 6.72. The van der Waals surface area contributed by atoms with E-state index >= 15 is 0 Å². The molecule has 1 aromatic carbocycles. The number of hydrogen-bond donors (Lipinski definition) is 3. The van der Waals surface area contributed by atoms with Crippen LogP contribution >= 0.6 is 12.2 Å². The fraction of sp³-hybridized carbons (Fsp3) is 0.368. The number of aromatic amines is 1. The van der Waals surface area contributed by atoms with Gasteiger partial charge in [0.15, 0.2) is 0 Å². The second kappa shape index (κ2) is 8.67. The van der Waals surface area contributed by atoms with Gasteiger partial charge in [-0.05, 0) is 51.8 Å². The van der Waals surface area contributed by atoms with E-state index in [1.165, 1.54) is 0 Å². The van der Waals surface area contributed by atoms with E-state index in [1.807, 2.05) is 63.4 Å². The molecule has 0 unspecified atom stereocenters. The summed E-state index contributed by atoms with van der Waals surface area (Å²) in [6, 6.07) is 11.8. The summed E-state index contributed by atoms with van der Waals surface area (Å²) in [5, 5.41) is 6.01. The van der Waals surface area contributed by atoms with Crippen LogP contribution in [0.1, 0.15) is 38.4 Å². The van der Waals surface area contributed by atoms with Crippen LogP contribution in [0, 0.1) is 0 Å². The monoisotopic (exact) mass is 359 g/mol. The molecule has 1 aromatic heterocycles. The number of aromatic nitrogens is 1. The van der Waals surface area contributed by atoms with Gasteiger partial charge in [-0.1, -0.05) is 30.4 Å². The largest absolute Gasteiger partial charge is 0.444 e. The molecule has 2 rings (SSSR count). The smallest absolute Gasteiger partial charge is 0.407 e. The van der Waals surface area contributed by atoms with Gasteiger partial charge in [-0.2, -0.15) is 0 Å². The van der Waals surface area contributed by atoms with Crippen LogP contribution in [0.25, 0.3) is 0 Å². The number of H-pyrrole nitrogens is 1. The Morgan fingerprint density at radius 3 is 2.60 bits per heavy atom. The second-order valence-corrected chi connectivity index (χ2v) is 7.13. The average molecular weight is 359 g/mol. The fourth-order valence-corrected chi connectivity index (χ4v) is 2.62.